The zero-order chi connectivity index (χ0) is 17.9. The number of carbonyl (C=O) groups is 1. The number of aryl methyl sites for hydroxylation is 1. The monoisotopic (exact) mass is 354 g/mol. The summed E-state index contributed by atoms with van der Waals surface area (Å²) in [5.41, 5.74) is 1.79. The van der Waals surface area contributed by atoms with Gasteiger partial charge in [0.15, 0.2) is 0 Å². The summed E-state index contributed by atoms with van der Waals surface area (Å²) in [6, 6.07) is 10.0. The van der Waals surface area contributed by atoms with Gasteiger partial charge in [-0.3, -0.25) is 4.79 Å². The fourth-order valence-corrected chi connectivity index (χ4v) is 4.03. The molecule has 1 saturated carbocycles. The van der Waals surface area contributed by atoms with Crippen LogP contribution in [0.4, 0.5) is 0 Å². The van der Waals surface area contributed by atoms with Crippen LogP contribution >= 0.6 is 11.8 Å². The Bertz CT molecular complexity index is 824. The van der Waals surface area contributed by atoms with Crippen LogP contribution in [0.25, 0.3) is 11.0 Å². The van der Waals surface area contributed by atoms with Gasteiger partial charge in [-0.15, -0.1) is 0 Å². The molecule has 0 radical (unpaired) electrons. The number of carbonyl (C=O) groups excluding carboxylic acids is 1. The zero-order valence-corrected chi connectivity index (χ0v) is 15.4. The number of amides is 1. The van der Waals surface area contributed by atoms with E-state index in [0.29, 0.717) is 0 Å². The molecule has 3 rings (SSSR count). The molecule has 1 aromatic carbocycles. The van der Waals surface area contributed by atoms with Crippen molar-refractivity contribution in [3.63, 3.8) is 0 Å². The van der Waals surface area contributed by atoms with Crippen molar-refractivity contribution in [3.05, 3.63) is 30.0 Å². The first-order chi connectivity index (χ1) is 12.0. The normalized spacial score (nSPS) is 17.6. The lowest BCUT2D eigenvalue weighted by Crippen LogP contribution is -2.50. The van der Waals surface area contributed by atoms with Crippen molar-refractivity contribution in [2.24, 2.45) is 0 Å². The van der Waals surface area contributed by atoms with Crippen LogP contribution in [0, 0.1) is 18.3 Å². The largest absolute Gasteiger partial charge is 0.337 e. The lowest BCUT2D eigenvalue weighted by molar-refractivity contribution is -0.121. The molecule has 1 atom stereocenters. The number of para-hydroxylation sites is 2. The Balaban J connectivity index is 1.73. The number of rotatable bonds is 4. The van der Waals surface area contributed by atoms with E-state index in [-0.39, 0.29) is 11.2 Å². The highest BCUT2D eigenvalue weighted by Gasteiger charge is 2.35. The third kappa shape index (κ3) is 3.93. The molecule has 0 spiro atoms. The third-order valence-electron chi connectivity index (χ3n) is 4.64. The Morgan fingerprint density at radius 3 is 2.52 bits per heavy atom. The van der Waals surface area contributed by atoms with Crippen molar-refractivity contribution >= 4 is 28.7 Å². The molecule has 1 N–H and O–H groups in total. The number of nitrogens with zero attached hydrogens (tertiary/aromatic N) is 3. The third-order valence-corrected chi connectivity index (χ3v) is 5.82. The van der Waals surface area contributed by atoms with E-state index in [1.54, 1.807) is 0 Å². The molecule has 1 aliphatic carbocycles. The van der Waals surface area contributed by atoms with Crippen molar-refractivity contribution in [2.45, 2.75) is 61.8 Å². The SMILES string of the molecule is Cc1nc2ccccc2nc1SC(C)C(=O)NC1(C#N)CCCCC1. The molecule has 1 aliphatic rings. The molecular weight excluding hydrogens is 332 g/mol. The fourth-order valence-electron chi connectivity index (χ4n) is 3.16. The summed E-state index contributed by atoms with van der Waals surface area (Å²) in [6.07, 6.45) is 4.59. The average molecular weight is 354 g/mol. The first kappa shape index (κ1) is 17.7. The molecule has 0 aliphatic heterocycles. The molecule has 130 valence electrons. The maximum absolute atomic E-state index is 12.6. The van der Waals surface area contributed by atoms with Crippen LogP contribution in [0.2, 0.25) is 0 Å². The molecular formula is C19H22N4OS. The second kappa shape index (κ2) is 7.40. The Morgan fingerprint density at radius 1 is 1.24 bits per heavy atom. The van der Waals surface area contributed by atoms with Gasteiger partial charge in [0.2, 0.25) is 5.91 Å². The van der Waals surface area contributed by atoms with Crippen molar-refractivity contribution in [2.75, 3.05) is 0 Å². The number of hydrogen-bond acceptors (Lipinski definition) is 5. The first-order valence-corrected chi connectivity index (χ1v) is 9.54. The number of thioether (sulfide) groups is 1. The van der Waals surface area contributed by atoms with Gasteiger partial charge < -0.3 is 5.32 Å². The van der Waals surface area contributed by atoms with Gasteiger partial charge in [-0.05, 0) is 38.8 Å². The molecule has 6 heteroatoms. The molecule has 1 unspecified atom stereocenters. The lowest BCUT2D eigenvalue weighted by atomic mass is 9.83. The molecule has 0 saturated heterocycles. The van der Waals surface area contributed by atoms with E-state index in [1.165, 1.54) is 11.8 Å². The number of nitriles is 1. The van der Waals surface area contributed by atoms with E-state index in [4.69, 9.17) is 0 Å². The summed E-state index contributed by atoms with van der Waals surface area (Å²) >= 11 is 1.40. The molecule has 2 aromatic rings. The number of aromatic nitrogens is 2. The molecule has 1 heterocycles. The topological polar surface area (TPSA) is 78.7 Å². The highest BCUT2D eigenvalue weighted by atomic mass is 32.2. The van der Waals surface area contributed by atoms with Gasteiger partial charge in [0, 0.05) is 0 Å². The average Bonchev–Trinajstić information content (AvgIpc) is 2.63. The van der Waals surface area contributed by atoms with Crippen LogP contribution in [0.5, 0.6) is 0 Å². The summed E-state index contributed by atoms with van der Waals surface area (Å²) in [5, 5.41) is 12.9. The van der Waals surface area contributed by atoms with E-state index < -0.39 is 5.54 Å². The standard InChI is InChI=1S/C19H22N4OS/c1-13-18(22-16-9-5-4-8-15(16)21-13)25-14(2)17(24)23-19(12-20)10-6-3-7-11-19/h4-5,8-9,14H,3,6-7,10-11H2,1-2H3,(H,23,24). The maximum atomic E-state index is 12.6. The minimum atomic E-state index is -0.700. The van der Waals surface area contributed by atoms with Crippen molar-refractivity contribution in [3.8, 4) is 6.07 Å². The van der Waals surface area contributed by atoms with Gasteiger partial charge in [0.1, 0.15) is 10.6 Å². The lowest BCUT2D eigenvalue weighted by Gasteiger charge is -2.32. The summed E-state index contributed by atoms with van der Waals surface area (Å²) < 4.78 is 0. The molecule has 1 amide bonds. The summed E-state index contributed by atoms with van der Waals surface area (Å²) in [7, 11) is 0. The van der Waals surface area contributed by atoms with E-state index in [2.05, 4.69) is 21.4 Å². The molecule has 1 fully saturated rings. The quantitative estimate of drug-likeness (QED) is 0.846. The first-order valence-electron chi connectivity index (χ1n) is 8.66. The Hall–Kier alpha value is -2.13. The van der Waals surface area contributed by atoms with E-state index in [9.17, 15) is 10.1 Å². The summed E-state index contributed by atoms with van der Waals surface area (Å²) in [4.78, 5) is 21.8. The predicted molar refractivity (Wildman–Crippen MR) is 99.2 cm³/mol. The summed E-state index contributed by atoms with van der Waals surface area (Å²) in [6.45, 7) is 3.76. The smallest absolute Gasteiger partial charge is 0.234 e. The minimum absolute atomic E-state index is 0.109. The van der Waals surface area contributed by atoms with Crippen LogP contribution in [0.1, 0.15) is 44.7 Å². The number of fused-ring (bicyclic) bond motifs is 1. The van der Waals surface area contributed by atoms with E-state index >= 15 is 0 Å². The van der Waals surface area contributed by atoms with Crippen molar-refractivity contribution in [1.82, 2.24) is 15.3 Å². The number of hydrogen-bond donors (Lipinski definition) is 1. The van der Waals surface area contributed by atoms with Gasteiger partial charge in [-0.2, -0.15) is 5.26 Å². The van der Waals surface area contributed by atoms with E-state index in [1.807, 2.05) is 38.1 Å². The molecule has 5 nitrogen and oxygen atoms in total. The second-order valence-corrected chi connectivity index (χ2v) is 7.94. The van der Waals surface area contributed by atoms with Gasteiger partial charge >= 0.3 is 0 Å². The highest BCUT2D eigenvalue weighted by Crippen LogP contribution is 2.30. The Kier molecular flexibility index (Phi) is 5.24. The van der Waals surface area contributed by atoms with Crippen molar-refractivity contribution < 1.29 is 4.79 Å². The van der Waals surface area contributed by atoms with Crippen LogP contribution in [0.15, 0.2) is 29.3 Å². The van der Waals surface area contributed by atoms with Crippen LogP contribution in [0.3, 0.4) is 0 Å². The van der Waals surface area contributed by atoms with Gasteiger partial charge in [0.25, 0.3) is 0 Å². The zero-order valence-electron chi connectivity index (χ0n) is 14.6. The van der Waals surface area contributed by atoms with Crippen LogP contribution in [-0.2, 0) is 4.79 Å². The maximum Gasteiger partial charge on any atom is 0.234 e. The van der Waals surface area contributed by atoms with E-state index in [0.717, 1.165) is 53.9 Å². The molecule has 1 aromatic heterocycles. The minimum Gasteiger partial charge on any atom is -0.337 e. The number of benzene rings is 1. The van der Waals surface area contributed by atoms with Crippen molar-refractivity contribution in [1.29, 1.82) is 5.26 Å². The Labute approximate surface area is 152 Å². The summed E-state index contributed by atoms with van der Waals surface area (Å²) in [5.74, 6) is -0.109. The second-order valence-electron chi connectivity index (χ2n) is 6.61. The number of nitrogens with one attached hydrogen (secondary N) is 1. The van der Waals surface area contributed by atoms with Crippen LogP contribution < -0.4 is 5.32 Å². The Morgan fingerprint density at radius 2 is 1.88 bits per heavy atom. The molecule has 25 heavy (non-hydrogen) atoms. The predicted octanol–water partition coefficient (Wildman–Crippen LogP) is 3.76. The highest BCUT2D eigenvalue weighted by molar-refractivity contribution is 8.00. The van der Waals surface area contributed by atoms with Crippen LogP contribution in [-0.4, -0.2) is 26.7 Å². The van der Waals surface area contributed by atoms with Gasteiger partial charge in [-0.1, -0.05) is 43.2 Å². The fraction of sp³-hybridized carbons (Fsp3) is 0.474. The molecule has 0 bridgehead atoms. The van der Waals surface area contributed by atoms with Gasteiger partial charge in [-0.25, -0.2) is 9.97 Å². The van der Waals surface area contributed by atoms with Gasteiger partial charge in [0.05, 0.1) is 28.0 Å².